The highest BCUT2D eigenvalue weighted by atomic mass is 16.5. The number of esters is 1. The molecule has 94 valence electrons. The van der Waals surface area contributed by atoms with Crippen molar-refractivity contribution in [1.29, 1.82) is 0 Å². The van der Waals surface area contributed by atoms with Gasteiger partial charge < -0.3 is 9.84 Å². The summed E-state index contributed by atoms with van der Waals surface area (Å²) < 4.78 is 4.97. The molecular weight excluding hydrogens is 216 g/mol. The zero-order valence-corrected chi connectivity index (χ0v) is 10.7. The van der Waals surface area contributed by atoms with E-state index >= 15 is 0 Å². The second kappa shape index (κ2) is 6.28. The number of carbonyl (C=O) groups excluding carboxylic acids is 1. The number of phenols is 1. The highest BCUT2D eigenvalue weighted by Gasteiger charge is 2.15. The summed E-state index contributed by atoms with van der Waals surface area (Å²) in [4.78, 5) is 11.5. The summed E-state index contributed by atoms with van der Waals surface area (Å²) in [6.45, 7) is 6.07. The first kappa shape index (κ1) is 13.6. The van der Waals surface area contributed by atoms with Crippen molar-refractivity contribution in [2.75, 3.05) is 6.61 Å². The minimum Gasteiger partial charge on any atom is -0.508 e. The maximum absolute atomic E-state index is 11.5. The van der Waals surface area contributed by atoms with Gasteiger partial charge in [0.25, 0.3) is 0 Å². The number of carbonyl (C=O) groups is 1. The Kier molecular flexibility index (Phi) is 5.01. The van der Waals surface area contributed by atoms with Gasteiger partial charge >= 0.3 is 5.97 Å². The van der Waals surface area contributed by atoms with Crippen LogP contribution in [0.1, 0.15) is 31.9 Å². The van der Waals surface area contributed by atoms with Gasteiger partial charge in [-0.25, -0.2) is 0 Å². The average molecular weight is 236 g/mol. The third kappa shape index (κ3) is 3.77. The van der Waals surface area contributed by atoms with Crippen LogP contribution in [-0.2, 0) is 22.4 Å². The van der Waals surface area contributed by atoms with E-state index in [0.29, 0.717) is 18.8 Å². The number of ether oxygens (including phenoxy) is 1. The van der Waals surface area contributed by atoms with Gasteiger partial charge in [0.2, 0.25) is 0 Å². The van der Waals surface area contributed by atoms with Crippen LogP contribution in [0, 0.1) is 5.92 Å². The Balaban J connectivity index is 2.71. The molecule has 0 saturated heterocycles. The first-order valence-electron chi connectivity index (χ1n) is 6.05. The van der Waals surface area contributed by atoms with Crippen LogP contribution in [0.3, 0.4) is 0 Å². The summed E-state index contributed by atoms with van der Waals surface area (Å²) in [7, 11) is 0. The first-order chi connectivity index (χ1) is 8.08. The molecule has 1 aromatic rings. The van der Waals surface area contributed by atoms with E-state index in [1.54, 1.807) is 13.0 Å². The summed E-state index contributed by atoms with van der Waals surface area (Å²) >= 11 is 0. The SMILES string of the molecule is CCOC(=O)C(C)Cc1ccc(O)c(CC)c1. The van der Waals surface area contributed by atoms with Crippen LogP contribution in [0.5, 0.6) is 5.75 Å². The molecule has 0 fully saturated rings. The number of aryl methyl sites for hydroxylation is 1. The monoisotopic (exact) mass is 236 g/mol. The Hall–Kier alpha value is -1.51. The molecular formula is C14H20O3. The van der Waals surface area contributed by atoms with E-state index in [2.05, 4.69) is 0 Å². The zero-order valence-electron chi connectivity index (χ0n) is 10.7. The van der Waals surface area contributed by atoms with Crippen molar-refractivity contribution in [3.05, 3.63) is 29.3 Å². The lowest BCUT2D eigenvalue weighted by Gasteiger charge is -2.11. The van der Waals surface area contributed by atoms with Crippen molar-refractivity contribution in [3.8, 4) is 5.75 Å². The van der Waals surface area contributed by atoms with E-state index in [0.717, 1.165) is 17.5 Å². The highest BCUT2D eigenvalue weighted by molar-refractivity contribution is 5.72. The number of hydrogen-bond acceptors (Lipinski definition) is 3. The number of phenolic OH excluding ortho intramolecular Hbond substituents is 1. The summed E-state index contributed by atoms with van der Waals surface area (Å²) in [5.74, 6) is 0.00265. The van der Waals surface area contributed by atoms with Crippen LogP contribution in [0.15, 0.2) is 18.2 Å². The predicted octanol–water partition coefficient (Wildman–Crippen LogP) is 2.70. The Labute approximate surface area is 102 Å². The molecule has 0 saturated carbocycles. The molecule has 1 rings (SSSR count). The summed E-state index contributed by atoms with van der Waals surface area (Å²) in [5.41, 5.74) is 1.97. The molecule has 3 nitrogen and oxygen atoms in total. The Morgan fingerprint density at radius 1 is 1.41 bits per heavy atom. The molecule has 0 bridgehead atoms. The molecule has 0 heterocycles. The van der Waals surface area contributed by atoms with Gasteiger partial charge in [0, 0.05) is 0 Å². The van der Waals surface area contributed by atoms with Crippen LogP contribution in [0.4, 0.5) is 0 Å². The minimum absolute atomic E-state index is 0.149. The fraction of sp³-hybridized carbons (Fsp3) is 0.500. The van der Waals surface area contributed by atoms with Crippen molar-refractivity contribution < 1.29 is 14.6 Å². The lowest BCUT2D eigenvalue weighted by atomic mass is 9.98. The van der Waals surface area contributed by atoms with Gasteiger partial charge in [-0.05, 0) is 37.0 Å². The summed E-state index contributed by atoms with van der Waals surface area (Å²) in [5, 5.41) is 9.57. The lowest BCUT2D eigenvalue weighted by molar-refractivity contribution is -0.147. The van der Waals surface area contributed by atoms with Crippen LogP contribution >= 0.6 is 0 Å². The third-order valence-corrected chi connectivity index (χ3v) is 2.76. The molecule has 0 radical (unpaired) electrons. The maximum Gasteiger partial charge on any atom is 0.308 e. The molecule has 1 atom stereocenters. The largest absolute Gasteiger partial charge is 0.508 e. The van der Waals surface area contributed by atoms with E-state index in [4.69, 9.17) is 4.74 Å². The molecule has 0 aliphatic heterocycles. The topological polar surface area (TPSA) is 46.5 Å². The van der Waals surface area contributed by atoms with Gasteiger partial charge in [0.15, 0.2) is 0 Å². The van der Waals surface area contributed by atoms with E-state index in [9.17, 15) is 9.90 Å². The van der Waals surface area contributed by atoms with Gasteiger partial charge in [-0.3, -0.25) is 4.79 Å². The normalized spacial score (nSPS) is 12.2. The summed E-state index contributed by atoms with van der Waals surface area (Å²) in [6.07, 6.45) is 1.43. The van der Waals surface area contributed by atoms with Crippen LogP contribution in [0.25, 0.3) is 0 Å². The fourth-order valence-electron chi connectivity index (χ4n) is 1.77. The van der Waals surface area contributed by atoms with Gasteiger partial charge in [0.1, 0.15) is 5.75 Å². The van der Waals surface area contributed by atoms with E-state index in [-0.39, 0.29) is 11.9 Å². The predicted molar refractivity (Wildman–Crippen MR) is 67.0 cm³/mol. The smallest absolute Gasteiger partial charge is 0.308 e. The van der Waals surface area contributed by atoms with Gasteiger partial charge in [-0.2, -0.15) is 0 Å². The molecule has 3 heteroatoms. The lowest BCUT2D eigenvalue weighted by Crippen LogP contribution is -2.16. The van der Waals surface area contributed by atoms with E-state index < -0.39 is 0 Å². The number of hydrogen-bond donors (Lipinski definition) is 1. The van der Waals surface area contributed by atoms with Crippen molar-refractivity contribution in [3.63, 3.8) is 0 Å². The standard InChI is InChI=1S/C14H20O3/c1-4-12-9-11(6-7-13(12)15)8-10(3)14(16)17-5-2/h6-7,9-10,15H,4-5,8H2,1-3H3. The van der Waals surface area contributed by atoms with Crippen molar-refractivity contribution in [1.82, 2.24) is 0 Å². The number of rotatable bonds is 5. The van der Waals surface area contributed by atoms with Crippen molar-refractivity contribution >= 4 is 5.97 Å². The molecule has 0 aliphatic carbocycles. The molecule has 17 heavy (non-hydrogen) atoms. The molecule has 1 unspecified atom stereocenters. The van der Waals surface area contributed by atoms with Gasteiger partial charge in [0.05, 0.1) is 12.5 Å². The Morgan fingerprint density at radius 3 is 2.71 bits per heavy atom. The Bertz CT molecular complexity index is 385. The number of benzene rings is 1. The number of aromatic hydroxyl groups is 1. The van der Waals surface area contributed by atoms with E-state index in [1.165, 1.54) is 0 Å². The van der Waals surface area contributed by atoms with Crippen LogP contribution in [0.2, 0.25) is 0 Å². The average Bonchev–Trinajstić information content (AvgIpc) is 2.31. The fourth-order valence-corrected chi connectivity index (χ4v) is 1.77. The second-order valence-electron chi connectivity index (χ2n) is 4.17. The molecule has 0 aliphatic rings. The molecule has 1 N–H and O–H groups in total. The van der Waals surface area contributed by atoms with Crippen molar-refractivity contribution in [2.45, 2.75) is 33.6 Å². The second-order valence-corrected chi connectivity index (χ2v) is 4.17. The molecule has 0 spiro atoms. The zero-order chi connectivity index (χ0) is 12.8. The molecule has 1 aromatic carbocycles. The van der Waals surface area contributed by atoms with Crippen molar-refractivity contribution in [2.24, 2.45) is 5.92 Å². The Morgan fingerprint density at radius 2 is 2.12 bits per heavy atom. The van der Waals surface area contributed by atoms with Crippen LogP contribution < -0.4 is 0 Å². The van der Waals surface area contributed by atoms with Gasteiger partial charge in [-0.1, -0.05) is 26.0 Å². The van der Waals surface area contributed by atoms with E-state index in [1.807, 2.05) is 26.0 Å². The molecule has 0 amide bonds. The minimum atomic E-state index is -0.168. The first-order valence-corrected chi connectivity index (χ1v) is 6.05. The van der Waals surface area contributed by atoms with Gasteiger partial charge in [-0.15, -0.1) is 0 Å². The highest BCUT2D eigenvalue weighted by Crippen LogP contribution is 2.21. The third-order valence-electron chi connectivity index (χ3n) is 2.76. The molecule has 0 aromatic heterocycles. The summed E-state index contributed by atoms with van der Waals surface area (Å²) in [6, 6.07) is 5.49. The van der Waals surface area contributed by atoms with Crippen LogP contribution in [-0.4, -0.2) is 17.7 Å². The quantitative estimate of drug-likeness (QED) is 0.799. The maximum atomic E-state index is 11.5.